The van der Waals surface area contributed by atoms with Crippen LogP contribution >= 0.6 is 0 Å². The van der Waals surface area contributed by atoms with Crippen LogP contribution in [0.4, 0.5) is 5.69 Å². The van der Waals surface area contributed by atoms with E-state index in [0.717, 1.165) is 44.1 Å². The number of amides is 1. The van der Waals surface area contributed by atoms with Gasteiger partial charge in [0.2, 0.25) is 5.91 Å². The number of aryl methyl sites for hydroxylation is 1. The fraction of sp³-hybridized carbons (Fsp3) is 0.556. The molecule has 5 heteroatoms. The number of carbonyl (C=O) groups is 2. The van der Waals surface area contributed by atoms with Crippen molar-refractivity contribution in [2.24, 2.45) is 0 Å². The van der Waals surface area contributed by atoms with E-state index in [2.05, 4.69) is 5.32 Å². The number of nitrogens with one attached hydrogen (secondary N) is 1. The van der Waals surface area contributed by atoms with E-state index in [-0.39, 0.29) is 12.3 Å². The number of aliphatic carboxylic acids is 1. The number of carboxylic acid groups (broad SMARTS) is 1. The second-order valence-corrected chi connectivity index (χ2v) is 5.77. The number of ether oxygens (including phenoxy) is 1. The van der Waals surface area contributed by atoms with Gasteiger partial charge >= 0.3 is 5.97 Å². The lowest BCUT2D eigenvalue weighted by Crippen LogP contribution is -2.12. The number of carbonyl (C=O) groups excluding carboxylic acids is 1. The first-order valence-corrected chi connectivity index (χ1v) is 8.19. The van der Waals surface area contributed by atoms with Crippen LogP contribution in [-0.2, 0) is 9.59 Å². The summed E-state index contributed by atoms with van der Waals surface area (Å²) in [6, 6.07) is 5.69. The molecule has 0 atom stereocenters. The van der Waals surface area contributed by atoms with Gasteiger partial charge in [-0.2, -0.15) is 0 Å². The minimum atomic E-state index is -0.728. The van der Waals surface area contributed by atoms with Gasteiger partial charge in [0.25, 0.3) is 0 Å². The minimum Gasteiger partial charge on any atom is -0.495 e. The van der Waals surface area contributed by atoms with Gasteiger partial charge in [0.1, 0.15) is 5.75 Å². The molecule has 0 fully saturated rings. The first-order chi connectivity index (χ1) is 11.0. The summed E-state index contributed by atoms with van der Waals surface area (Å²) in [5, 5.41) is 11.4. The summed E-state index contributed by atoms with van der Waals surface area (Å²) in [5.41, 5.74) is 1.79. The lowest BCUT2D eigenvalue weighted by molar-refractivity contribution is -0.137. The molecule has 0 radical (unpaired) electrons. The summed E-state index contributed by atoms with van der Waals surface area (Å²) >= 11 is 0. The molecular weight excluding hydrogens is 294 g/mol. The van der Waals surface area contributed by atoms with E-state index in [0.29, 0.717) is 17.9 Å². The van der Waals surface area contributed by atoms with E-state index >= 15 is 0 Å². The Morgan fingerprint density at radius 2 is 1.65 bits per heavy atom. The predicted molar refractivity (Wildman–Crippen MR) is 90.9 cm³/mol. The third-order valence-electron chi connectivity index (χ3n) is 3.67. The molecule has 2 N–H and O–H groups in total. The van der Waals surface area contributed by atoms with Gasteiger partial charge in [-0.1, -0.05) is 31.7 Å². The van der Waals surface area contributed by atoms with E-state index in [1.54, 1.807) is 7.11 Å². The molecule has 0 spiro atoms. The first kappa shape index (κ1) is 19.0. The van der Waals surface area contributed by atoms with Crippen molar-refractivity contribution in [3.8, 4) is 5.75 Å². The molecule has 0 aromatic heterocycles. The van der Waals surface area contributed by atoms with Crippen LogP contribution in [0.1, 0.15) is 56.9 Å². The normalized spacial score (nSPS) is 10.3. The second kappa shape index (κ2) is 10.6. The Labute approximate surface area is 138 Å². The van der Waals surface area contributed by atoms with Gasteiger partial charge in [0.05, 0.1) is 12.8 Å². The quantitative estimate of drug-likeness (QED) is 0.600. The van der Waals surface area contributed by atoms with E-state index in [4.69, 9.17) is 9.84 Å². The number of anilines is 1. The Hall–Kier alpha value is -2.04. The molecule has 0 aliphatic carbocycles. The average molecular weight is 321 g/mol. The summed E-state index contributed by atoms with van der Waals surface area (Å²) in [5.74, 6) is -0.0598. The van der Waals surface area contributed by atoms with Crippen molar-refractivity contribution < 1.29 is 19.4 Å². The highest BCUT2D eigenvalue weighted by Crippen LogP contribution is 2.25. The van der Waals surface area contributed by atoms with E-state index < -0.39 is 5.97 Å². The molecule has 0 heterocycles. The van der Waals surface area contributed by atoms with Crippen molar-refractivity contribution in [1.82, 2.24) is 0 Å². The number of benzene rings is 1. The van der Waals surface area contributed by atoms with Crippen molar-refractivity contribution in [3.05, 3.63) is 23.8 Å². The lowest BCUT2D eigenvalue weighted by Gasteiger charge is -2.11. The fourth-order valence-corrected chi connectivity index (χ4v) is 2.40. The SMILES string of the molecule is COc1ccc(C)cc1NC(=O)CCCCCCCCC(=O)O. The molecule has 0 saturated carbocycles. The average Bonchev–Trinajstić information content (AvgIpc) is 2.50. The molecule has 1 amide bonds. The topological polar surface area (TPSA) is 75.6 Å². The molecule has 0 aliphatic heterocycles. The highest BCUT2D eigenvalue weighted by molar-refractivity contribution is 5.92. The van der Waals surface area contributed by atoms with Crippen molar-refractivity contribution in [1.29, 1.82) is 0 Å². The van der Waals surface area contributed by atoms with Crippen LogP contribution in [0.5, 0.6) is 5.75 Å². The van der Waals surface area contributed by atoms with E-state index in [1.165, 1.54) is 0 Å². The molecule has 1 aromatic rings. The van der Waals surface area contributed by atoms with Gasteiger partial charge in [0.15, 0.2) is 0 Å². The van der Waals surface area contributed by atoms with Crippen molar-refractivity contribution in [3.63, 3.8) is 0 Å². The van der Waals surface area contributed by atoms with E-state index in [9.17, 15) is 9.59 Å². The van der Waals surface area contributed by atoms with Gasteiger partial charge in [-0.05, 0) is 37.5 Å². The maximum Gasteiger partial charge on any atom is 0.303 e. The molecular formula is C18H27NO4. The molecule has 1 aromatic carbocycles. The van der Waals surface area contributed by atoms with Crippen molar-refractivity contribution >= 4 is 17.6 Å². The van der Waals surface area contributed by atoms with Gasteiger partial charge < -0.3 is 15.2 Å². The largest absolute Gasteiger partial charge is 0.495 e. The molecule has 1 rings (SSSR count). The summed E-state index contributed by atoms with van der Waals surface area (Å²) in [6.07, 6.45) is 6.33. The van der Waals surface area contributed by atoms with Crippen LogP contribution < -0.4 is 10.1 Å². The maximum absolute atomic E-state index is 12.0. The zero-order valence-corrected chi connectivity index (χ0v) is 14.1. The third-order valence-corrected chi connectivity index (χ3v) is 3.67. The second-order valence-electron chi connectivity index (χ2n) is 5.77. The Morgan fingerprint density at radius 3 is 2.26 bits per heavy atom. The van der Waals surface area contributed by atoms with Crippen molar-refractivity contribution in [2.75, 3.05) is 12.4 Å². The summed E-state index contributed by atoms with van der Waals surface area (Å²) in [7, 11) is 1.59. The summed E-state index contributed by atoms with van der Waals surface area (Å²) in [6.45, 7) is 1.97. The molecule has 5 nitrogen and oxygen atoms in total. The zero-order chi connectivity index (χ0) is 17.1. The van der Waals surface area contributed by atoms with Crippen LogP contribution in [0.25, 0.3) is 0 Å². The summed E-state index contributed by atoms with van der Waals surface area (Å²) < 4.78 is 5.24. The minimum absolute atomic E-state index is 0.000206. The van der Waals surface area contributed by atoms with Crippen LogP contribution in [0, 0.1) is 6.92 Å². The number of hydrogen-bond donors (Lipinski definition) is 2. The first-order valence-electron chi connectivity index (χ1n) is 8.19. The fourth-order valence-electron chi connectivity index (χ4n) is 2.40. The van der Waals surface area contributed by atoms with Crippen LogP contribution in [0.15, 0.2) is 18.2 Å². The highest BCUT2D eigenvalue weighted by atomic mass is 16.5. The maximum atomic E-state index is 12.0. The van der Waals surface area contributed by atoms with Crippen LogP contribution in [0.2, 0.25) is 0 Å². The smallest absolute Gasteiger partial charge is 0.303 e. The summed E-state index contributed by atoms with van der Waals surface area (Å²) in [4.78, 5) is 22.3. The molecule has 128 valence electrons. The molecule has 0 bridgehead atoms. The Kier molecular flexibility index (Phi) is 8.80. The standard InChI is InChI=1S/C18H27NO4/c1-14-11-12-16(23-2)15(13-14)19-17(20)9-7-5-3-4-6-8-10-18(21)22/h11-13H,3-10H2,1-2H3,(H,19,20)(H,21,22). The van der Waals surface area contributed by atoms with E-state index in [1.807, 2.05) is 25.1 Å². The third kappa shape index (κ3) is 8.24. The Bertz CT molecular complexity index is 514. The molecule has 0 aliphatic rings. The zero-order valence-electron chi connectivity index (χ0n) is 14.1. The monoisotopic (exact) mass is 321 g/mol. The van der Waals surface area contributed by atoms with Crippen LogP contribution in [0.3, 0.4) is 0 Å². The van der Waals surface area contributed by atoms with Gasteiger partial charge in [-0.25, -0.2) is 0 Å². The van der Waals surface area contributed by atoms with Gasteiger partial charge in [-0.15, -0.1) is 0 Å². The van der Waals surface area contributed by atoms with Crippen molar-refractivity contribution in [2.45, 2.75) is 58.3 Å². The molecule has 0 unspecified atom stereocenters. The number of rotatable bonds is 11. The number of carboxylic acids is 1. The number of methoxy groups -OCH3 is 1. The number of unbranched alkanes of at least 4 members (excludes halogenated alkanes) is 5. The Balaban J connectivity index is 2.18. The predicted octanol–water partition coefficient (Wildman–Crippen LogP) is 4.15. The Morgan fingerprint density at radius 1 is 1.04 bits per heavy atom. The molecule has 0 saturated heterocycles. The number of hydrogen-bond acceptors (Lipinski definition) is 3. The van der Waals surface area contributed by atoms with Gasteiger partial charge in [0, 0.05) is 12.8 Å². The lowest BCUT2D eigenvalue weighted by atomic mass is 10.1. The molecule has 23 heavy (non-hydrogen) atoms. The highest BCUT2D eigenvalue weighted by Gasteiger charge is 2.07. The van der Waals surface area contributed by atoms with Gasteiger partial charge in [-0.3, -0.25) is 9.59 Å². The van der Waals surface area contributed by atoms with Crippen LogP contribution in [-0.4, -0.2) is 24.1 Å².